The minimum Gasteiger partial charge on any atom is -0.326 e. The van der Waals surface area contributed by atoms with Crippen molar-refractivity contribution in [2.24, 2.45) is 11.7 Å². The van der Waals surface area contributed by atoms with Crippen molar-refractivity contribution < 1.29 is 0 Å². The second kappa shape index (κ2) is 3.20. The van der Waals surface area contributed by atoms with Crippen molar-refractivity contribution in [3.05, 3.63) is 21.3 Å². The van der Waals surface area contributed by atoms with E-state index in [9.17, 15) is 0 Å². The van der Waals surface area contributed by atoms with Crippen molar-refractivity contribution in [1.82, 2.24) is 4.90 Å². The highest BCUT2D eigenvalue weighted by Crippen LogP contribution is 2.41. The van der Waals surface area contributed by atoms with Gasteiger partial charge in [0.1, 0.15) is 0 Å². The fraction of sp³-hybridized carbons (Fsp3) is 0.600. The molecule has 0 radical (unpaired) electrons. The molecule has 4 heteroatoms. The normalized spacial score (nSPS) is 36.0. The van der Waals surface area contributed by atoms with E-state index in [-0.39, 0.29) is 0 Å². The highest BCUT2D eigenvalue weighted by atomic mass is 35.5. The average Bonchev–Trinajstić information content (AvgIpc) is 2.81. The first-order chi connectivity index (χ1) is 6.75. The first-order valence-corrected chi connectivity index (χ1v) is 6.23. The standard InChI is InChI=1S/C10H13ClN2S/c11-7-1-2-14-9(7)5-13-4-6-3-8(13)10(6)12/h1-2,6,8,10H,3-5,12H2. The van der Waals surface area contributed by atoms with Crippen LogP contribution in [0.15, 0.2) is 11.4 Å². The molecule has 3 heterocycles. The lowest BCUT2D eigenvalue weighted by atomic mass is 9.81. The second-order valence-corrected chi connectivity index (χ2v) is 5.67. The van der Waals surface area contributed by atoms with Crippen LogP contribution in [0.5, 0.6) is 0 Å². The quantitative estimate of drug-likeness (QED) is 0.838. The molecule has 2 saturated heterocycles. The Hall–Kier alpha value is -0.0900. The summed E-state index contributed by atoms with van der Waals surface area (Å²) in [6.45, 7) is 2.16. The van der Waals surface area contributed by atoms with Crippen LogP contribution in [0.1, 0.15) is 11.3 Å². The Kier molecular flexibility index (Phi) is 2.10. The van der Waals surface area contributed by atoms with Gasteiger partial charge in [-0.05, 0) is 23.8 Å². The third-order valence-corrected chi connectivity index (χ3v) is 4.88. The van der Waals surface area contributed by atoms with Gasteiger partial charge in [0.25, 0.3) is 0 Å². The smallest absolute Gasteiger partial charge is 0.0558 e. The van der Waals surface area contributed by atoms with Crippen LogP contribution in [0, 0.1) is 5.92 Å². The number of thiophene rings is 1. The maximum absolute atomic E-state index is 6.07. The van der Waals surface area contributed by atoms with Crippen molar-refractivity contribution in [2.75, 3.05) is 6.54 Å². The van der Waals surface area contributed by atoms with Crippen LogP contribution in [0.25, 0.3) is 0 Å². The van der Waals surface area contributed by atoms with Crippen LogP contribution >= 0.6 is 22.9 Å². The zero-order valence-corrected chi connectivity index (χ0v) is 9.39. The molecule has 2 nitrogen and oxygen atoms in total. The van der Waals surface area contributed by atoms with Crippen molar-refractivity contribution in [1.29, 1.82) is 0 Å². The number of hydrogen-bond acceptors (Lipinski definition) is 3. The Morgan fingerprint density at radius 2 is 2.50 bits per heavy atom. The molecule has 76 valence electrons. The molecule has 3 aliphatic rings. The molecule has 3 atom stereocenters. The molecule has 0 spiro atoms. The van der Waals surface area contributed by atoms with Gasteiger partial charge in [0.2, 0.25) is 0 Å². The summed E-state index contributed by atoms with van der Waals surface area (Å²) in [5.41, 5.74) is 6.01. The van der Waals surface area contributed by atoms with Gasteiger partial charge in [-0.2, -0.15) is 0 Å². The Bertz CT molecular complexity index is 352. The summed E-state index contributed by atoms with van der Waals surface area (Å²) in [5.74, 6) is 0.749. The van der Waals surface area contributed by atoms with Crippen molar-refractivity contribution >= 4 is 22.9 Å². The molecule has 3 fully saturated rings. The van der Waals surface area contributed by atoms with Gasteiger partial charge in [0.15, 0.2) is 0 Å². The minimum absolute atomic E-state index is 0.425. The van der Waals surface area contributed by atoms with Gasteiger partial charge in [-0.3, -0.25) is 4.90 Å². The molecule has 4 rings (SSSR count). The molecule has 1 aromatic heterocycles. The van der Waals surface area contributed by atoms with E-state index in [2.05, 4.69) is 10.3 Å². The van der Waals surface area contributed by atoms with E-state index in [0.717, 1.165) is 17.5 Å². The van der Waals surface area contributed by atoms with Gasteiger partial charge in [-0.15, -0.1) is 11.3 Å². The third-order valence-electron chi connectivity index (χ3n) is 3.51. The lowest BCUT2D eigenvalue weighted by Crippen LogP contribution is -2.49. The van der Waals surface area contributed by atoms with E-state index in [0.29, 0.717) is 12.1 Å². The first kappa shape index (κ1) is 9.16. The van der Waals surface area contributed by atoms with Gasteiger partial charge in [0.05, 0.1) is 5.02 Å². The number of rotatable bonds is 2. The van der Waals surface area contributed by atoms with Crippen LogP contribution < -0.4 is 5.73 Å². The van der Waals surface area contributed by atoms with Gasteiger partial charge in [0, 0.05) is 30.1 Å². The molecule has 2 N–H and O–H groups in total. The lowest BCUT2D eigenvalue weighted by molar-refractivity contribution is 0.209. The number of hydrogen-bond donors (Lipinski definition) is 1. The molecule has 1 saturated carbocycles. The van der Waals surface area contributed by atoms with E-state index >= 15 is 0 Å². The average molecular weight is 229 g/mol. The maximum Gasteiger partial charge on any atom is 0.0558 e. The van der Waals surface area contributed by atoms with Gasteiger partial charge >= 0.3 is 0 Å². The molecule has 1 aromatic rings. The summed E-state index contributed by atoms with van der Waals surface area (Å²) in [6, 6.07) is 3.02. The highest BCUT2D eigenvalue weighted by Gasteiger charge is 2.49. The van der Waals surface area contributed by atoms with Crippen LogP contribution in [0.4, 0.5) is 0 Å². The van der Waals surface area contributed by atoms with Gasteiger partial charge < -0.3 is 5.73 Å². The third kappa shape index (κ3) is 1.23. The fourth-order valence-electron chi connectivity index (χ4n) is 2.57. The molecule has 3 unspecified atom stereocenters. The van der Waals surface area contributed by atoms with Crippen molar-refractivity contribution in [2.45, 2.75) is 25.0 Å². The number of fused-ring (bicyclic) bond motifs is 1. The summed E-state index contributed by atoms with van der Waals surface area (Å²) in [5, 5.41) is 2.96. The van der Waals surface area contributed by atoms with Crippen LogP contribution in [-0.2, 0) is 6.54 Å². The van der Waals surface area contributed by atoms with E-state index in [1.165, 1.54) is 17.8 Å². The Morgan fingerprint density at radius 3 is 3.00 bits per heavy atom. The van der Waals surface area contributed by atoms with E-state index in [4.69, 9.17) is 17.3 Å². The molecule has 0 aromatic carbocycles. The summed E-state index contributed by atoms with van der Waals surface area (Å²) in [6.07, 6.45) is 1.30. The lowest BCUT2D eigenvalue weighted by Gasteiger charge is -2.33. The zero-order chi connectivity index (χ0) is 9.71. The summed E-state index contributed by atoms with van der Waals surface area (Å²) >= 11 is 7.81. The Morgan fingerprint density at radius 1 is 1.64 bits per heavy atom. The predicted octanol–water partition coefficient (Wildman–Crippen LogP) is 1.93. The molecular weight excluding hydrogens is 216 g/mol. The number of nitrogens with two attached hydrogens (primary N) is 1. The monoisotopic (exact) mass is 228 g/mol. The maximum atomic E-state index is 6.07. The highest BCUT2D eigenvalue weighted by molar-refractivity contribution is 7.10. The summed E-state index contributed by atoms with van der Waals surface area (Å²) in [4.78, 5) is 3.76. The van der Waals surface area contributed by atoms with Gasteiger partial charge in [-0.25, -0.2) is 0 Å². The summed E-state index contributed by atoms with van der Waals surface area (Å²) < 4.78 is 0. The van der Waals surface area contributed by atoms with Crippen LogP contribution in [0.3, 0.4) is 0 Å². The molecule has 0 amide bonds. The number of halogens is 1. The van der Waals surface area contributed by atoms with E-state index < -0.39 is 0 Å². The number of nitrogens with zero attached hydrogens (tertiary/aromatic N) is 1. The van der Waals surface area contributed by atoms with Gasteiger partial charge in [-0.1, -0.05) is 11.6 Å². The van der Waals surface area contributed by atoms with Crippen molar-refractivity contribution in [3.63, 3.8) is 0 Å². The molecule has 1 aliphatic carbocycles. The second-order valence-electron chi connectivity index (χ2n) is 4.26. The molecule has 2 aliphatic heterocycles. The molecule has 14 heavy (non-hydrogen) atoms. The topological polar surface area (TPSA) is 29.3 Å². The van der Waals surface area contributed by atoms with E-state index in [1.54, 1.807) is 11.3 Å². The van der Waals surface area contributed by atoms with Crippen LogP contribution in [-0.4, -0.2) is 23.5 Å². The largest absolute Gasteiger partial charge is 0.326 e. The predicted molar refractivity (Wildman–Crippen MR) is 59.6 cm³/mol. The Balaban J connectivity index is 1.72. The molecule has 2 bridgehead atoms. The fourth-order valence-corrected chi connectivity index (χ4v) is 3.69. The van der Waals surface area contributed by atoms with Crippen molar-refractivity contribution in [3.8, 4) is 0 Å². The SMILES string of the molecule is NC1C2CC1N(Cc1sccc1Cl)C2. The molecular formula is C10H13ClN2S. The first-order valence-electron chi connectivity index (χ1n) is 4.97. The summed E-state index contributed by atoms with van der Waals surface area (Å²) in [7, 11) is 0. The minimum atomic E-state index is 0.425. The Labute approximate surface area is 92.7 Å². The van der Waals surface area contributed by atoms with Crippen LogP contribution in [0.2, 0.25) is 5.02 Å². The van der Waals surface area contributed by atoms with E-state index in [1.807, 2.05) is 6.07 Å². The zero-order valence-electron chi connectivity index (χ0n) is 7.82.